The van der Waals surface area contributed by atoms with Crippen molar-refractivity contribution >= 4 is 5.91 Å². The molecule has 3 N–H and O–H groups in total. The largest absolute Gasteiger partial charge is 0.508 e. The van der Waals surface area contributed by atoms with E-state index in [0.717, 1.165) is 31.5 Å². The monoisotopic (exact) mass is 292 g/mol. The molecule has 21 heavy (non-hydrogen) atoms. The molecule has 1 amide bonds. The number of hydrogen-bond donors (Lipinski definition) is 3. The van der Waals surface area contributed by atoms with Gasteiger partial charge in [0, 0.05) is 19.1 Å². The van der Waals surface area contributed by atoms with Gasteiger partial charge in [0.15, 0.2) is 0 Å². The lowest BCUT2D eigenvalue weighted by molar-refractivity contribution is -0.125. The maximum Gasteiger partial charge on any atom is 0.222 e. The summed E-state index contributed by atoms with van der Waals surface area (Å²) >= 11 is 0. The number of ether oxygens (including phenoxy) is 1. The highest BCUT2D eigenvalue weighted by Gasteiger charge is 2.18. The van der Waals surface area contributed by atoms with Crippen molar-refractivity contribution in [1.29, 1.82) is 0 Å². The zero-order chi connectivity index (χ0) is 15.1. The van der Waals surface area contributed by atoms with Crippen LogP contribution in [0.4, 0.5) is 0 Å². The van der Waals surface area contributed by atoms with Gasteiger partial charge in [0.05, 0.1) is 19.1 Å². The number of amides is 1. The molecule has 0 saturated carbocycles. The third-order valence-electron chi connectivity index (χ3n) is 3.63. The van der Waals surface area contributed by atoms with Gasteiger partial charge in [-0.05, 0) is 37.5 Å². The van der Waals surface area contributed by atoms with Gasteiger partial charge in [0.1, 0.15) is 5.75 Å². The number of aromatic hydroxyl groups is 1. The first-order valence-electron chi connectivity index (χ1n) is 7.53. The van der Waals surface area contributed by atoms with Gasteiger partial charge in [-0.1, -0.05) is 12.1 Å². The summed E-state index contributed by atoms with van der Waals surface area (Å²) in [6.45, 7) is 4.29. The summed E-state index contributed by atoms with van der Waals surface area (Å²) in [7, 11) is 0. The van der Waals surface area contributed by atoms with Crippen LogP contribution in [0.25, 0.3) is 0 Å². The van der Waals surface area contributed by atoms with E-state index in [4.69, 9.17) is 4.74 Å². The van der Waals surface area contributed by atoms with E-state index in [1.54, 1.807) is 12.1 Å². The van der Waals surface area contributed by atoms with Crippen molar-refractivity contribution in [1.82, 2.24) is 10.6 Å². The van der Waals surface area contributed by atoms with Crippen LogP contribution in [0.3, 0.4) is 0 Å². The maximum atomic E-state index is 11.9. The van der Waals surface area contributed by atoms with Crippen molar-refractivity contribution in [2.45, 2.75) is 38.3 Å². The second-order valence-electron chi connectivity index (χ2n) is 5.57. The van der Waals surface area contributed by atoms with Gasteiger partial charge in [-0.15, -0.1) is 0 Å². The average molecular weight is 292 g/mol. The van der Waals surface area contributed by atoms with Crippen LogP contribution < -0.4 is 10.6 Å². The molecule has 5 nitrogen and oxygen atoms in total. The minimum Gasteiger partial charge on any atom is -0.508 e. The molecule has 1 aliphatic rings. The van der Waals surface area contributed by atoms with E-state index < -0.39 is 0 Å². The molecule has 1 aromatic rings. The van der Waals surface area contributed by atoms with Crippen LogP contribution in [0.1, 0.15) is 25.3 Å². The van der Waals surface area contributed by atoms with E-state index in [0.29, 0.717) is 13.0 Å². The minimum atomic E-state index is -0.0111. The molecule has 5 heteroatoms. The molecule has 0 bridgehead atoms. The second-order valence-corrected chi connectivity index (χ2v) is 5.57. The van der Waals surface area contributed by atoms with E-state index in [9.17, 15) is 9.90 Å². The number of hydrogen-bond acceptors (Lipinski definition) is 4. The van der Waals surface area contributed by atoms with E-state index >= 15 is 0 Å². The molecule has 1 saturated heterocycles. The Morgan fingerprint density at radius 1 is 1.48 bits per heavy atom. The van der Waals surface area contributed by atoms with Gasteiger partial charge in [-0.25, -0.2) is 0 Å². The number of nitrogens with one attached hydrogen (secondary N) is 2. The number of aryl methyl sites for hydroxylation is 1. The van der Waals surface area contributed by atoms with Gasteiger partial charge in [-0.2, -0.15) is 0 Å². The SMILES string of the molecule is CC(CCc1ccc(O)cc1)NC(=O)CC1CNCCO1. The minimum absolute atomic E-state index is 0.0111. The molecule has 2 unspecified atom stereocenters. The Kier molecular flexibility index (Phi) is 6.02. The zero-order valence-corrected chi connectivity index (χ0v) is 12.5. The molecule has 0 aliphatic carbocycles. The third kappa shape index (κ3) is 5.73. The van der Waals surface area contributed by atoms with Gasteiger partial charge in [0.25, 0.3) is 0 Å². The highest BCUT2D eigenvalue weighted by molar-refractivity contribution is 5.76. The number of morpholine rings is 1. The van der Waals surface area contributed by atoms with E-state index in [1.807, 2.05) is 19.1 Å². The fraction of sp³-hybridized carbons (Fsp3) is 0.562. The Hall–Kier alpha value is -1.59. The fourth-order valence-corrected chi connectivity index (χ4v) is 2.41. The highest BCUT2D eigenvalue weighted by atomic mass is 16.5. The van der Waals surface area contributed by atoms with Crippen molar-refractivity contribution in [2.24, 2.45) is 0 Å². The summed E-state index contributed by atoms with van der Waals surface area (Å²) in [6, 6.07) is 7.32. The van der Waals surface area contributed by atoms with Crippen molar-refractivity contribution in [2.75, 3.05) is 19.7 Å². The Balaban J connectivity index is 1.67. The van der Waals surface area contributed by atoms with E-state index in [2.05, 4.69) is 10.6 Å². The molecule has 0 radical (unpaired) electrons. The molecule has 2 rings (SSSR count). The van der Waals surface area contributed by atoms with Crippen LogP contribution >= 0.6 is 0 Å². The number of carbonyl (C=O) groups excluding carboxylic acids is 1. The predicted molar refractivity (Wildman–Crippen MR) is 81.3 cm³/mol. The van der Waals surface area contributed by atoms with Crippen LogP contribution in [0.5, 0.6) is 5.75 Å². The molecule has 116 valence electrons. The van der Waals surface area contributed by atoms with Gasteiger partial charge in [0.2, 0.25) is 5.91 Å². The van der Waals surface area contributed by atoms with Crippen molar-refractivity contribution in [3.63, 3.8) is 0 Å². The Morgan fingerprint density at radius 2 is 2.24 bits per heavy atom. The molecule has 2 atom stereocenters. The Labute approximate surface area is 125 Å². The van der Waals surface area contributed by atoms with Crippen molar-refractivity contribution in [3.8, 4) is 5.75 Å². The van der Waals surface area contributed by atoms with Gasteiger partial charge < -0.3 is 20.5 Å². The van der Waals surface area contributed by atoms with Crippen molar-refractivity contribution in [3.05, 3.63) is 29.8 Å². The normalized spacial score (nSPS) is 20.0. The molecule has 1 aromatic carbocycles. The van der Waals surface area contributed by atoms with Gasteiger partial charge in [-0.3, -0.25) is 4.79 Å². The lowest BCUT2D eigenvalue weighted by Crippen LogP contribution is -2.42. The molecule has 1 fully saturated rings. The van der Waals surface area contributed by atoms with Crippen LogP contribution in [0.2, 0.25) is 0 Å². The summed E-state index contributed by atoms with van der Waals surface area (Å²) in [5, 5.41) is 15.5. The predicted octanol–water partition coefficient (Wildman–Crippen LogP) is 1.21. The summed E-state index contributed by atoms with van der Waals surface area (Å²) in [5.41, 5.74) is 1.16. The maximum absolute atomic E-state index is 11.9. The Morgan fingerprint density at radius 3 is 2.90 bits per heavy atom. The lowest BCUT2D eigenvalue weighted by Gasteiger charge is -2.24. The molecule has 1 aliphatic heterocycles. The second kappa shape index (κ2) is 8.00. The van der Waals surface area contributed by atoms with Gasteiger partial charge >= 0.3 is 0 Å². The number of benzene rings is 1. The van der Waals surface area contributed by atoms with Crippen LogP contribution in [0, 0.1) is 0 Å². The standard InChI is InChI=1S/C16H24N2O3/c1-12(2-3-13-4-6-14(19)7-5-13)18-16(20)10-15-11-17-8-9-21-15/h4-7,12,15,17,19H,2-3,8-11H2,1H3,(H,18,20). The van der Waals surface area contributed by atoms with Crippen LogP contribution in [-0.2, 0) is 16.0 Å². The number of rotatable bonds is 6. The highest BCUT2D eigenvalue weighted by Crippen LogP contribution is 2.12. The summed E-state index contributed by atoms with van der Waals surface area (Å²) in [6.07, 6.45) is 2.16. The first-order valence-corrected chi connectivity index (χ1v) is 7.53. The summed E-state index contributed by atoms with van der Waals surface area (Å²) in [4.78, 5) is 11.9. The zero-order valence-electron chi connectivity index (χ0n) is 12.5. The first kappa shape index (κ1) is 15.8. The quantitative estimate of drug-likeness (QED) is 0.737. The molecular formula is C16H24N2O3. The average Bonchev–Trinajstić information content (AvgIpc) is 2.47. The summed E-state index contributed by atoms with van der Waals surface area (Å²) in [5.74, 6) is 0.322. The topological polar surface area (TPSA) is 70.6 Å². The van der Waals surface area contributed by atoms with Crippen molar-refractivity contribution < 1.29 is 14.6 Å². The molecule has 1 heterocycles. The number of phenols is 1. The van der Waals surface area contributed by atoms with E-state index in [1.165, 1.54) is 0 Å². The third-order valence-corrected chi connectivity index (χ3v) is 3.63. The number of carbonyl (C=O) groups is 1. The van der Waals surface area contributed by atoms with E-state index in [-0.39, 0.29) is 23.8 Å². The molecule has 0 aromatic heterocycles. The lowest BCUT2D eigenvalue weighted by atomic mass is 10.1. The first-order chi connectivity index (χ1) is 10.1. The molecule has 0 spiro atoms. The summed E-state index contributed by atoms with van der Waals surface area (Å²) < 4.78 is 5.52. The molecular weight excluding hydrogens is 268 g/mol. The smallest absolute Gasteiger partial charge is 0.222 e. The van der Waals surface area contributed by atoms with Crippen LogP contribution in [0.15, 0.2) is 24.3 Å². The number of phenolic OH excluding ortho intramolecular Hbond substituents is 1. The Bertz CT molecular complexity index is 441. The van der Waals surface area contributed by atoms with Crippen LogP contribution in [-0.4, -0.2) is 42.9 Å². The fourth-order valence-electron chi connectivity index (χ4n) is 2.41.